The van der Waals surface area contributed by atoms with Gasteiger partial charge in [0.25, 0.3) is 0 Å². The van der Waals surface area contributed by atoms with E-state index in [1.165, 1.54) is 89.9 Å². The molecule has 0 aliphatic heterocycles. The van der Waals surface area contributed by atoms with Gasteiger partial charge in [-0.3, -0.25) is 0 Å². The van der Waals surface area contributed by atoms with Crippen LogP contribution in [0.5, 0.6) is 0 Å². The summed E-state index contributed by atoms with van der Waals surface area (Å²) in [7, 11) is 4.32. The Morgan fingerprint density at radius 1 is 0.654 bits per heavy atom. The molecule has 0 rings (SSSR count). The summed E-state index contributed by atoms with van der Waals surface area (Å²) in [6.07, 6.45) is 18.8. The Morgan fingerprint density at radius 3 is 1.38 bits per heavy atom. The second-order valence-electron chi connectivity index (χ2n) is 8.82. The molecule has 1 nitrogen and oxygen atoms in total. The Bertz CT molecular complexity index is 281. The summed E-state index contributed by atoms with van der Waals surface area (Å²) in [6.45, 7) is 14.2. The first-order valence-corrected chi connectivity index (χ1v) is 12.1. The quantitative estimate of drug-likeness (QED) is 0.256. The molecule has 1 heteroatoms. The van der Waals surface area contributed by atoms with Crippen molar-refractivity contribution in [3.8, 4) is 0 Å². The van der Waals surface area contributed by atoms with Crippen molar-refractivity contribution < 1.29 is 0 Å². The van der Waals surface area contributed by atoms with E-state index >= 15 is 0 Å². The van der Waals surface area contributed by atoms with Gasteiger partial charge in [-0.2, -0.15) is 0 Å². The van der Waals surface area contributed by atoms with E-state index < -0.39 is 0 Å². The third kappa shape index (κ3) is 9.25. The second-order valence-corrected chi connectivity index (χ2v) is 8.82. The normalized spacial score (nSPS) is 17.7. The van der Waals surface area contributed by atoms with Gasteiger partial charge in [0.1, 0.15) is 0 Å². The van der Waals surface area contributed by atoms with Crippen LogP contribution in [0.4, 0.5) is 0 Å². The number of hydrogen-bond donors (Lipinski definition) is 1. The number of hydrogen-bond acceptors (Lipinski definition) is 1. The number of unbranched alkanes of at least 4 members (excludes halogenated alkanes) is 3. The number of nitrogens with one attached hydrogen (secondary N) is 1. The molecule has 0 bridgehead atoms. The number of rotatable bonds is 18. The highest BCUT2D eigenvalue weighted by Gasteiger charge is 2.39. The Kier molecular flexibility index (Phi) is 15.9. The Hall–Kier alpha value is -0.0400. The molecule has 0 fully saturated rings. The predicted octanol–water partition coefficient (Wildman–Crippen LogP) is 8.54. The van der Waals surface area contributed by atoms with Crippen LogP contribution in [0.1, 0.15) is 131 Å². The predicted molar refractivity (Wildman–Crippen MR) is 120 cm³/mol. The van der Waals surface area contributed by atoms with E-state index in [0.717, 1.165) is 17.8 Å². The molecule has 3 unspecified atom stereocenters. The average molecular weight is 367 g/mol. The SMILES string of the molecule is [CH2]NC(CC(CC)CCCC)(CC(CC)CCCC)C(CC)CCCC. The second kappa shape index (κ2) is 16.0. The van der Waals surface area contributed by atoms with Crippen molar-refractivity contribution in [2.75, 3.05) is 0 Å². The van der Waals surface area contributed by atoms with Gasteiger partial charge in [-0.05, 0) is 37.0 Å². The molecular formula is C25H52N. The Balaban J connectivity index is 5.45. The van der Waals surface area contributed by atoms with Crippen molar-refractivity contribution in [3.05, 3.63) is 7.05 Å². The van der Waals surface area contributed by atoms with Crippen molar-refractivity contribution in [2.45, 2.75) is 137 Å². The molecule has 0 amide bonds. The smallest absolute Gasteiger partial charge is 0.0215 e. The third-order valence-corrected chi connectivity index (χ3v) is 6.92. The third-order valence-electron chi connectivity index (χ3n) is 6.92. The molecule has 1 radical (unpaired) electrons. The molecule has 1 N–H and O–H groups in total. The minimum atomic E-state index is 0.243. The van der Waals surface area contributed by atoms with Crippen LogP contribution in [0.2, 0.25) is 0 Å². The molecule has 0 saturated carbocycles. The van der Waals surface area contributed by atoms with Crippen LogP contribution in [-0.4, -0.2) is 5.54 Å². The minimum absolute atomic E-state index is 0.243. The van der Waals surface area contributed by atoms with Crippen LogP contribution in [0, 0.1) is 24.8 Å². The van der Waals surface area contributed by atoms with Crippen LogP contribution >= 0.6 is 0 Å². The monoisotopic (exact) mass is 366 g/mol. The van der Waals surface area contributed by atoms with E-state index in [-0.39, 0.29) is 5.54 Å². The highest BCUT2D eigenvalue weighted by Crippen LogP contribution is 2.40. The molecule has 157 valence electrons. The molecule has 26 heavy (non-hydrogen) atoms. The van der Waals surface area contributed by atoms with Crippen LogP contribution in [-0.2, 0) is 0 Å². The topological polar surface area (TPSA) is 12.0 Å². The van der Waals surface area contributed by atoms with E-state index in [9.17, 15) is 0 Å². The lowest BCUT2D eigenvalue weighted by Gasteiger charge is -2.45. The van der Waals surface area contributed by atoms with E-state index in [2.05, 4.69) is 53.9 Å². The fourth-order valence-corrected chi connectivity index (χ4v) is 4.94. The summed E-state index contributed by atoms with van der Waals surface area (Å²) in [6, 6.07) is 0. The summed E-state index contributed by atoms with van der Waals surface area (Å²) in [5, 5.41) is 3.71. The average Bonchev–Trinajstić information content (AvgIpc) is 2.68. The zero-order valence-electron chi connectivity index (χ0n) is 19.3. The van der Waals surface area contributed by atoms with Crippen LogP contribution in [0.15, 0.2) is 0 Å². The van der Waals surface area contributed by atoms with E-state index in [4.69, 9.17) is 0 Å². The molecule has 0 spiro atoms. The highest BCUT2D eigenvalue weighted by molar-refractivity contribution is 4.97. The van der Waals surface area contributed by atoms with E-state index in [0.29, 0.717) is 0 Å². The first-order valence-electron chi connectivity index (χ1n) is 12.1. The lowest BCUT2D eigenvalue weighted by Crippen LogP contribution is -2.51. The summed E-state index contributed by atoms with van der Waals surface area (Å²) in [5.74, 6) is 2.47. The van der Waals surface area contributed by atoms with Crippen LogP contribution in [0.3, 0.4) is 0 Å². The fourth-order valence-electron chi connectivity index (χ4n) is 4.94. The first-order chi connectivity index (χ1) is 12.6. The largest absolute Gasteiger partial charge is 0.310 e. The maximum atomic E-state index is 4.32. The summed E-state index contributed by atoms with van der Waals surface area (Å²) in [5.41, 5.74) is 0.243. The molecule has 0 aromatic heterocycles. The molecule has 0 aliphatic rings. The minimum Gasteiger partial charge on any atom is -0.310 e. The van der Waals surface area contributed by atoms with Gasteiger partial charge in [-0.25, -0.2) is 0 Å². The van der Waals surface area contributed by atoms with Crippen molar-refractivity contribution in [3.63, 3.8) is 0 Å². The van der Waals surface area contributed by atoms with Gasteiger partial charge < -0.3 is 5.32 Å². The summed E-state index contributed by atoms with van der Waals surface area (Å²) in [4.78, 5) is 0. The maximum absolute atomic E-state index is 4.32. The molecule has 0 aromatic rings. The first kappa shape index (κ1) is 26.0. The van der Waals surface area contributed by atoms with Gasteiger partial charge in [0, 0.05) is 12.6 Å². The van der Waals surface area contributed by atoms with Gasteiger partial charge in [0.15, 0.2) is 0 Å². The molecular weight excluding hydrogens is 314 g/mol. The fraction of sp³-hybridized carbons (Fsp3) is 0.960. The van der Waals surface area contributed by atoms with Gasteiger partial charge in [0.2, 0.25) is 0 Å². The van der Waals surface area contributed by atoms with Crippen LogP contribution < -0.4 is 5.32 Å². The van der Waals surface area contributed by atoms with Gasteiger partial charge in [-0.1, -0.05) is 112 Å². The van der Waals surface area contributed by atoms with E-state index in [1.807, 2.05) is 0 Å². The van der Waals surface area contributed by atoms with Crippen LogP contribution in [0.25, 0.3) is 0 Å². The molecule has 0 aliphatic carbocycles. The van der Waals surface area contributed by atoms with Gasteiger partial charge >= 0.3 is 0 Å². The van der Waals surface area contributed by atoms with Gasteiger partial charge in [0.05, 0.1) is 0 Å². The van der Waals surface area contributed by atoms with E-state index in [1.54, 1.807) is 0 Å². The zero-order chi connectivity index (χ0) is 19.8. The molecule has 0 heterocycles. The Morgan fingerprint density at radius 2 is 1.08 bits per heavy atom. The van der Waals surface area contributed by atoms with Crippen molar-refractivity contribution in [1.82, 2.24) is 5.32 Å². The van der Waals surface area contributed by atoms with Gasteiger partial charge in [-0.15, -0.1) is 0 Å². The molecule has 0 aromatic carbocycles. The lowest BCUT2D eigenvalue weighted by molar-refractivity contribution is 0.118. The zero-order valence-corrected chi connectivity index (χ0v) is 19.3. The Labute approximate surface area is 167 Å². The van der Waals surface area contributed by atoms with Crippen molar-refractivity contribution in [2.24, 2.45) is 17.8 Å². The molecule has 3 atom stereocenters. The lowest BCUT2D eigenvalue weighted by atomic mass is 9.67. The standard InChI is InChI=1S/C25H52N/c1-8-14-17-22(11-4)20-25(26-7,24(13-6)19-16-10-3)21-23(12-5)18-15-9-2/h22-24,26H,7-21H2,1-6H3. The summed E-state index contributed by atoms with van der Waals surface area (Å²) >= 11 is 0. The van der Waals surface area contributed by atoms with Crippen molar-refractivity contribution in [1.29, 1.82) is 0 Å². The van der Waals surface area contributed by atoms with Crippen molar-refractivity contribution >= 4 is 0 Å². The summed E-state index contributed by atoms with van der Waals surface area (Å²) < 4.78 is 0. The highest BCUT2D eigenvalue weighted by atomic mass is 15.0. The maximum Gasteiger partial charge on any atom is 0.0215 e. The molecule has 0 saturated heterocycles.